The van der Waals surface area contributed by atoms with E-state index in [1.807, 2.05) is 6.92 Å². The van der Waals surface area contributed by atoms with Crippen molar-refractivity contribution >= 4 is 35.7 Å². The number of aliphatic carboxylic acids is 1. The van der Waals surface area contributed by atoms with Gasteiger partial charge in [0.2, 0.25) is 0 Å². The summed E-state index contributed by atoms with van der Waals surface area (Å²) in [6.45, 7) is 5.44. The molecular weight excluding hydrogens is 322 g/mol. The molecule has 8 heteroatoms. The zero-order chi connectivity index (χ0) is 17.6. The van der Waals surface area contributed by atoms with E-state index in [-0.39, 0.29) is 11.7 Å². The number of hydrogen-bond donors (Lipinski definition) is 2. The van der Waals surface area contributed by atoms with E-state index in [0.29, 0.717) is 18.6 Å². The Balaban J connectivity index is 2.82. The van der Waals surface area contributed by atoms with Gasteiger partial charge in [-0.15, -0.1) is 11.8 Å². The van der Waals surface area contributed by atoms with E-state index < -0.39 is 35.3 Å². The van der Waals surface area contributed by atoms with Gasteiger partial charge in [-0.05, 0) is 13.3 Å². The third kappa shape index (κ3) is 5.04. The summed E-state index contributed by atoms with van der Waals surface area (Å²) in [5, 5.41) is 18.5. The number of ether oxygens (including phenoxy) is 1. The van der Waals surface area contributed by atoms with Crippen LogP contribution in [0.3, 0.4) is 0 Å². The number of aldehydes is 1. The lowest BCUT2D eigenvalue weighted by Gasteiger charge is -2.22. The molecule has 0 saturated carbocycles. The van der Waals surface area contributed by atoms with Gasteiger partial charge in [0.25, 0.3) is 0 Å². The quantitative estimate of drug-likeness (QED) is 0.469. The summed E-state index contributed by atoms with van der Waals surface area (Å²) in [5.41, 5.74) is 0.377. The predicted molar refractivity (Wildman–Crippen MR) is 86.8 cm³/mol. The van der Waals surface area contributed by atoms with Crippen molar-refractivity contribution in [1.29, 1.82) is 0 Å². The van der Waals surface area contributed by atoms with Crippen LogP contribution >= 0.6 is 11.8 Å². The molecule has 130 valence electrons. The number of nitrogens with zero attached hydrogens (tertiary/aromatic N) is 1. The van der Waals surface area contributed by atoms with Gasteiger partial charge in [-0.2, -0.15) is 0 Å². The fraction of sp³-hybridized carbons (Fsp3) is 0.733. The second-order valence-electron chi connectivity index (χ2n) is 5.52. The number of aliphatic imine (C=N–C) groups is 1. The van der Waals surface area contributed by atoms with E-state index in [1.54, 1.807) is 6.92 Å². The monoisotopic (exact) mass is 345 g/mol. The molecule has 7 nitrogen and oxygen atoms in total. The number of carbonyl (C=O) groups is 3. The van der Waals surface area contributed by atoms with Gasteiger partial charge in [0.1, 0.15) is 6.29 Å². The molecule has 0 aromatic heterocycles. The van der Waals surface area contributed by atoms with E-state index in [4.69, 9.17) is 4.74 Å². The Morgan fingerprint density at radius 1 is 1.48 bits per heavy atom. The van der Waals surface area contributed by atoms with E-state index in [0.717, 1.165) is 18.2 Å². The molecule has 1 aliphatic rings. The van der Waals surface area contributed by atoms with Gasteiger partial charge in [-0.25, -0.2) is 4.79 Å². The van der Waals surface area contributed by atoms with Crippen molar-refractivity contribution in [2.75, 3.05) is 12.4 Å². The highest BCUT2D eigenvalue weighted by Crippen LogP contribution is 2.34. The van der Waals surface area contributed by atoms with Crippen LogP contribution in [0.15, 0.2) is 4.99 Å². The minimum absolute atomic E-state index is 0.0298. The van der Waals surface area contributed by atoms with Crippen LogP contribution in [0.2, 0.25) is 0 Å². The van der Waals surface area contributed by atoms with Gasteiger partial charge in [-0.1, -0.05) is 13.8 Å². The highest BCUT2D eigenvalue weighted by molar-refractivity contribution is 8.00. The standard InChI is InChI=1S/C15H23NO6S/c1-4-5-22-11(19)7-23-14-8(2)12(10(6-17)9(3)18)16-13(14)15(20)21/h6,8-10,13-14,18H,4-5,7H2,1-3H3,(H,20,21)/t8-,9-,10-,13+,14-/m1/s1. The highest BCUT2D eigenvalue weighted by atomic mass is 32.2. The lowest BCUT2D eigenvalue weighted by Crippen LogP contribution is -2.35. The fourth-order valence-electron chi connectivity index (χ4n) is 2.47. The van der Waals surface area contributed by atoms with Gasteiger partial charge in [0, 0.05) is 16.9 Å². The number of carboxylic acid groups (broad SMARTS) is 1. The van der Waals surface area contributed by atoms with Crippen molar-refractivity contribution in [3.8, 4) is 0 Å². The molecule has 1 rings (SSSR count). The number of carboxylic acids is 1. The second-order valence-corrected chi connectivity index (χ2v) is 6.69. The summed E-state index contributed by atoms with van der Waals surface area (Å²) in [7, 11) is 0. The van der Waals surface area contributed by atoms with E-state index >= 15 is 0 Å². The SMILES string of the molecule is CCCOC(=O)CS[C@@H]1[C@H](C)C([C@H](C=O)[C@@H](C)O)=N[C@@H]1C(=O)O. The summed E-state index contributed by atoms with van der Waals surface area (Å²) < 4.78 is 4.97. The number of hydrogen-bond acceptors (Lipinski definition) is 7. The third-order valence-electron chi connectivity index (χ3n) is 3.68. The van der Waals surface area contributed by atoms with Crippen molar-refractivity contribution in [3.05, 3.63) is 0 Å². The van der Waals surface area contributed by atoms with Crippen LogP contribution in [0.25, 0.3) is 0 Å². The lowest BCUT2D eigenvalue weighted by molar-refractivity contribution is -0.141. The van der Waals surface area contributed by atoms with Crippen LogP contribution < -0.4 is 0 Å². The Hall–Kier alpha value is -1.41. The number of thioether (sulfide) groups is 1. The first kappa shape index (κ1) is 19.6. The molecule has 0 amide bonds. The summed E-state index contributed by atoms with van der Waals surface area (Å²) in [4.78, 5) is 38.3. The maximum absolute atomic E-state index is 11.6. The average Bonchev–Trinajstić information content (AvgIpc) is 2.81. The molecule has 0 aromatic carbocycles. The summed E-state index contributed by atoms with van der Waals surface area (Å²) >= 11 is 1.16. The normalized spacial score (nSPS) is 26.3. The topological polar surface area (TPSA) is 113 Å². The molecule has 1 aliphatic heterocycles. The Kier molecular flexibility index (Phi) is 7.70. The molecule has 5 atom stereocenters. The van der Waals surface area contributed by atoms with Crippen LogP contribution in [0.1, 0.15) is 27.2 Å². The van der Waals surface area contributed by atoms with E-state index in [2.05, 4.69) is 4.99 Å². The number of aliphatic hydroxyl groups excluding tert-OH is 1. The van der Waals surface area contributed by atoms with Crippen molar-refractivity contribution < 1.29 is 29.3 Å². The summed E-state index contributed by atoms with van der Waals surface area (Å²) in [6, 6.07) is -1.04. The maximum Gasteiger partial charge on any atom is 0.329 e. The first-order valence-corrected chi connectivity index (χ1v) is 8.59. The largest absolute Gasteiger partial charge is 0.480 e. The molecule has 2 N–H and O–H groups in total. The number of rotatable bonds is 9. The third-order valence-corrected chi connectivity index (χ3v) is 5.13. The fourth-order valence-corrected chi connectivity index (χ4v) is 3.67. The highest BCUT2D eigenvalue weighted by Gasteiger charge is 2.44. The first-order valence-electron chi connectivity index (χ1n) is 7.54. The molecule has 0 radical (unpaired) electrons. The van der Waals surface area contributed by atoms with Gasteiger partial charge in [-0.3, -0.25) is 9.79 Å². The number of carbonyl (C=O) groups excluding carboxylic acids is 2. The second kappa shape index (κ2) is 9.02. The van der Waals surface area contributed by atoms with Crippen LogP contribution in [0.4, 0.5) is 0 Å². The molecule has 0 fully saturated rings. The molecule has 0 aromatic rings. The molecule has 0 unspecified atom stereocenters. The minimum atomic E-state index is -1.11. The zero-order valence-corrected chi connectivity index (χ0v) is 14.3. The molecule has 0 aliphatic carbocycles. The molecule has 0 bridgehead atoms. The Morgan fingerprint density at radius 3 is 2.61 bits per heavy atom. The smallest absolute Gasteiger partial charge is 0.329 e. The Labute approximate surface area is 139 Å². The van der Waals surface area contributed by atoms with Crippen molar-refractivity contribution in [3.63, 3.8) is 0 Å². The molecule has 0 spiro atoms. The zero-order valence-electron chi connectivity index (χ0n) is 13.5. The molecule has 0 saturated heterocycles. The van der Waals surface area contributed by atoms with Crippen molar-refractivity contribution in [2.45, 2.75) is 44.6 Å². The Morgan fingerprint density at radius 2 is 2.13 bits per heavy atom. The maximum atomic E-state index is 11.6. The van der Waals surface area contributed by atoms with E-state index in [9.17, 15) is 24.6 Å². The van der Waals surface area contributed by atoms with Gasteiger partial charge in [0.15, 0.2) is 6.04 Å². The van der Waals surface area contributed by atoms with Gasteiger partial charge >= 0.3 is 11.9 Å². The molecular formula is C15H23NO6S. The number of esters is 1. The van der Waals surface area contributed by atoms with Crippen LogP contribution in [0, 0.1) is 11.8 Å². The van der Waals surface area contributed by atoms with Crippen LogP contribution in [0.5, 0.6) is 0 Å². The summed E-state index contributed by atoms with van der Waals surface area (Å²) in [5.74, 6) is -2.64. The van der Waals surface area contributed by atoms with Gasteiger partial charge < -0.3 is 19.7 Å². The summed E-state index contributed by atoms with van der Waals surface area (Å²) in [6.07, 6.45) is 0.361. The van der Waals surface area contributed by atoms with E-state index in [1.165, 1.54) is 6.92 Å². The molecule has 23 heavy (non-hydrogen) atoms. The van der Waals surface area contributed by atoms with Crippen molar-refractivity contribution in [1.82, 2.24) is 0 Å². The molecule has 1 heterocycles. The number of aliphatic hydroxyl groups is 1. The van der Waals surface area contributed by atoms with Crippen molar-refractivity contribution in [2.24, 2.45) is 16.8 Å². The van der Waals surface area contributed by atoms with Crippen LogP contribution in [-0.2, 0) is 19.1 Å². The van der Waals surface area contributed by atoms with Gasteiger partial charge in [0.05, 0.1) is 24.4 Å². The minimum Gasteiger partial charge on any atom is -0.480 e. The lowest BCUT2D eigenvalue weighted by atomic mass is 9.89. The van der Waals surface area contributed by atoms with Crippen LogP contribution in [-0.4, -0.2) is 63.9 Å². The first-order chi connectivity index (χ1) is 10.8. The average molecular weight is 345 g/mol. The predicted octanol–water partition coefficient (Wildman–Crippen LogP) is 0.781. The Bertz CT molecular complexity index is 479.